The second kappa shape index (κ2) is 9.88. The summed E-state index contributed by atoms with van der Waals surface area (Å²) in [5.74, 6) is 0.468. The van der Waals surface area contributed by atoms with Crippen LogP contribution in [0.5, 0.6) is 0 Å². The molecule has 38 heavy (non-hydrogen) atoms. The van der Waals surface area contributed by atoms with Gasteiger partial charge in [-0.3, -0.25) is 0 Å². The van der Waals surface area contributed by atoms with Crippen LogP contribution in [0, 0.1) is 0 Å². The first-order valence-corrected chi connectivity index (χ1v) is 15.3. The highest BCUT2D eigenvalue weighted by molar-refractivity contribution is 7.17. The fraction of sp³-hybridized carbons (Fsp3) is 0.212. The number of hydrogen-bond donors (Lipinski definition) is 0. The zero-order chi connectivity index (χ0) is 26.4. The van der Waals surface area contributed by atoms with Crippen molar-refractivity contribution >= 4 is 45.4 Å². The molecule has 0 atom stereocenters. The lowest BCUT2D eigenvalue weighted by molar-refractivity contribution is 0.604. The van der Waals surface area contributed by atoms with E-state index in [2.05, 4.69) is 120 Å². The summed E-state index contributed by atoms with van der Waals surface area (Å²) >= 11 is 5.07. The third-order valence-electron chi connectivity index (χ3n) is 6.87. The Balaban J connectivity index is 1.57. The number of aromatic nitrogens is 2. The van der Waals surface area contributed by atoms with E-state index < -0.39 is 0 Å². The Kier molecular flexibility index (Phi) is 6.55. The number of rotatable bonds is 5. The monoisotopic (exact) mass is 550 g/mol. The molecule has 0 radical (unpaired) electrons. The summed E-state index contributed by atoms with van der Waals surface area (Å²) in [6.45, 7) is 11.4. The van der Waals surface area contributed by atoms with Gasteiger partial charge in [-0.05, 0) is 34.6 Å². The van der Waals surface area contributed by atoms with Gasteiger partial charge in [0.1, 0.15) is 11.0 Å². The lowest BCUT2D eigenvalue weighted by Crippen LogP contribution is -2.07. The van der Waals surface area contributed by atoms with Crippen LogP contribution in [-0.4, -0.2) is 8.75 Å². The summed E-state index contributed by atoms with van der Waals surface area (Å²) in [5, 5.41) is 0. The molecule has 0 aliphatic heterocycles. The van der Waals surface area contributed by atoms with E-state index in [4.69, 9.17) is 8.75 Å². The van der Waals surface area contributed by atoms with E-state index in [1.165, 1.54) is 64.6 Å². The highest BCUT2D eigenvalue weighted by Gasteiger charge is 2.25. The number of hydrogen-bond acceptors (Lipinski definition) is 5. The highest BCUT2D eigenvalue weighted by Crippen LogP contribution is 2.48. The van der Waals surface area contributed by atoms with Gasteiger partial charge in [-0.25, -0.2) is 0 Å². The predicted octanol–water partition coefficient (Wildman–Crippen LogP) is 10.9. The van der Waals surface area contributed by atoms with Crippen LogP contribution >= 0.6 is 34.4 Å². The molecule has 0 aliphatic carbocycles. The molecule has 0 N–H and O–H groups in total. The molecule has 0 saturated heterocycles. The zero-order valence-electron chi connectivity index (χ0n) is 22.3. The minimum atomic E-state index is 0.0701. The lowest BCUT2D eigenvalue weighted by atomic mass is 9.92. The highest BCUT2D eigenvalue weighted by atomic mass is 32.1. The van der Waals surface area contributed by atoms with Gasteiger partial charge >= 0.3 is 0 Å². The first-order chi connectivity index (χ1) is 18.3. The van der Waals surface area contributed by atoms with Gasteiger partial charge < -0.3 is 0 Å². The molecule has 0 bridgehead atoms. The Hall–Kier alpha value is -3.12. The molecule has 0 unspecified atom stereocenters. The molecule has 0 aliphatic rings. The molecule has 3 heterocycles. The molecule has 0 saturated carbocycles. The van der Waals surface area contributed by atoms with Crippen molar-refractivity contribution in [3.63, 3.8) is 0 Å². The van der Waals surface area contributed by atoms with Crippen molar-refractivity contribution in [2.45, 2.75) is 46.0 Å². The van der Waals surface area contributed by atoms with Gasteiger partial charge in [0, 0.05) is 41.8 Å². The molecule has 3 aromatic carbocycles. The average Bonchev–Trinajstić information content (AvgIpc) is 3.67. The molecule has 6 aromatic rings. The third-order valence-corrected chi connectivity index (χ3v) is 10.5. The van der Waals surface area contributed by atoms with E-state index in [0.29, 0.717) is 5.92 Å². The summed E-state index contributed by atoms with van der Waals surface area (Å²) in [6, 6.07) is 30.7. The van der Waals surface area contributed by atoms with Gasteiger partial charge in [-0.1, -0.05) is 107 Å². The Morgan fingerprint density at radius 3 is 1.61 bits per heavy atom. The van der Waals surface area contributed by atoms with Crippen LogP contribution in [0.4, 0.5) is 0 Å². The van der Waals surface area contributed by atoms with Gasteiger partial charge in [-0.15, -0.1) is 22.7 Å². The maximum atomic E-state index is 4.87. The predicted molar refractivity (Wildman–Crippen MR) is 168 cm³/mol. The molecule has 2 nitrogen and oxygen atoms in total. The van der Waals surface area contributed by atoms with Crippen molar-refractivity contribution in [1.29, 1.82) is 0 Å². The Bertz CT molecular complexity index is 1720. The van der Waals surface area contributed by atoms with Crippen LogP contribution in [-0.2, 0) is 5.41 Å². The molecule has 0 spiro atoms. The van der Waals surface area contributed by atoms with E-state index in [0.717, 1.165) is 11.0 Å². The largest absolute Gasteiger partial charge is 0.172 e. The third kappa shape index (κ3) is 4.53. The fourth-order valence-corrected chi connectivity index (χ4v) is 7.80. The molecule has 190 valence electrons. The molecule has 0 fully saturated rings. The molecular weight excluding hydrogens is 521 g/mol. The van der Waals surface area contributed by atoms with Crippen molar-refractivity contribution in [2.75, 3.05) is 0 Å². The summed E-state index contributed by atoms with van der Waals surface area (Å²) in [6.07, 6.45) is 0. The van der Waals surface area contributed by atoms with Crippen LogP contribution in [0.2, 0.25) is 0 Å². The average molecular weight is 551 g/mol. The smallest absolute Gasteiger partial charge is 0.114 e. The van der Waals surface area contributed by atoms with E-state index >= 15 is 0 Å². The lowest BCUT2D eigenvalue weighted by Gasteiger charge is -2.15. The van der Waals surface area contributed by atoms with Gasteiger partial charge in [-0.2, -0.15) is 8.75 Å². The SMILES string of the molecule is CC(C)c1cc(-c2ccccc2)c(-c2ccc(-c3sc(C(C)(C)C)cc3-c3ccccc3)c3nsnc23)s1. The van der Waals surface area contributed by atoms with Gasteiger partial charge in [0.2, 0.25) is 0 Å². The van der Waals surface area contributed by atoms with Gasteiger partial charge in [0.25, 0.3) is 0 Å². The summed E-state index contributed by atoms with van der Waals surface area (Å²) in [7, 11) is 0. The van der Waals surface area contributed by atoms with E-state index in [1.54, 1.807) is 0 Å². The van der Waals surface area contributed by atoms with Crippen LogP contribution in [0.1, 0.15) is 50.3 Å². The fourth-order valence-electron chi connectivity index (χ4n) is 4.75. The number of thiophene rings is 2. The van der Waals surface area contributed by atoms with Crippen molar-refractivity contribution in [3.8, 4) is 43.1 Å². The van der Waals surface area contributed by atoms with Crippen molar-refractivity contribution in [1.82, 2.24) is 8.75 Å². The zero-order valence-corrected chi connectivity index (χ0v) is 24.7. The molecular formula is C33H30N2S3. The molecule has 6 rings (SSSR count). The van der Waals surface area contributed by atoms with Crippen LogP contribution in [0.25, 0.3) is 54.2 Å². The van der Waals surface area contributed by atoms with Crippen molar-refractivity contribution in [2.24, 2.45) is 0 Å². The normalized spacial score (nSPS) is 12.1. The van der Waals surface area contributed by atoms with Crippen LogP contribution < -0.4 is 0 Å². The van der Waals surface area contributed by atoms with Crippen molar-refractivity contribution < 1.29 is 0 Å². The minimum Gasteiger partial charge on any atom is -0.172 e. The maximum Gasteiger partial charge on any atom is 0.114 e. The van der Waals surface area contributed by atoms with E-state index in [1.807, 2.05) is 22.7 Å². The van der Waals surface area contributed by atoms with E-state index in [-0.39, 0.29) is 5.41 Å². The Morgan fingerprint density at radius 1 is 0.605 bits per heavy atom. The molecule has 5 heteroatoms. The molecule has 3 aromatic heterocycles. The number of nitrogens with zero attached hydrogens (tertiary/aromatic N) is 2. The van der Waals surface area contributed by atoms with E-state index in [9.17, 15) is 0 Å². The summed E-state index contributed by atoms with van der Waals surface area (Å²) in [5.41, 5.74) is 9.41. The van der Waals surface area contributed by atoms with Gasteiger partial charge in [0.15, 0.2) is 0 Å². The van der Waals surface area contributed by atoms with Crippen LogP contribution in [0.3, 0.4) is 0 Å². The number of benzene rings is 3. The minimum absolute atomic E-state index is 0.0701. The Morgan fingerprint density at radius 2 is 1.11 bits per heavy atom. The maximum absolute atomic E-state index is 4.87. The van der Waals surface area contributed by atoms with Crippen molar-refractivity contribution in [3.05, 3.63) is 94.7 Å². The number of fused-ring (bicyclic) bond motifs is 1. The van der Waals surface area contributed by atoms with Crippen LogP contribution in [0.15, 0.2) is 84.9 Å². The quantitative estimate of drug-likeness (QED) is 0.213. The standard InChI is InChI=1S/C33H30N2S3/c1-20(2)27-18-25(21-12-8-6-9-13-21)31(36-27)23-16-17-24(30-29(23)34-38-35-30)32-26(22-14-10-7-11-15-22)19-28(37-32)33(3,4)5/h6-20H,1-5H3. The summed E-state index contributed by atoms with van der Waals surface area (Å²) in [4.78, 5) is 5.30. The molecule has 0 amide bonds. The topological polar surface area (TPSA) is 25.8 Å². The summed E-state index contributed by atoms with van der Waals surface area (Å²) < 4.78 is 9.74. The first kappa shape index (κ1) is 25.2. The van der Waals surface area contributed by atoms with Gasteiger partial charge in [0.05, 0.1) is 11.7 Å². The first-order valence-electron chi connectivity index (χ1n) is 13.0. The second-order valence-electron chi connectivity index (χ2n) is 11.0. The Labute approximate surface area is 237 Å². The second-order valence-corrected chi connectivity index (χ2v) is 13.7.